The molecule has 2 aliphatic heterocycles. The third-order valence-corrected chi connectivity index (χ3v) is 14.7. The first-order chi connectivity index (χ1) is 33.5. The third kappa shape index (κ3) is 8.01. The Morgan fingerprint density at radius 1 is 0.478 bits per heavy atom. The molecule has 5 aliphatic rings. The molecule has 69 heavy (non-hydrogen) atoms. The van der Waals surface area contributed by atoms with E-state index in [4.69, 9.17) is 15.2 Å². The number of amides is 4. The SMILES string of the molecule is COc1ccc(-c2cccc3c2CC[C@H]3N)cc1F.COc1ccc(-c2cccc3c2CC[C@H]3N2C(=O)c3ccccc3C2=O)cc1F.O=C1c2ccccc2C(=O)N1[C@@H]1CCc2c(Br)cccc21. The predicted molar refractivity (Wildman–Crippen MR) is 262 cm³/mol. The van der Waals surface area contributed by atoms with Gasteiger partial charge in [-0.1, -0.05) is 101 Å². The van der Waals surface area contributed by atoms with Crippen molar-refractivity contribution in [3.05, 3.63) is 211 Å². The maximum atomic E-state index is 14.2. The fraction of sp³-hybridized carbons (Fsp3) is 0.193. The summed E-state index contributed by atoms with van der Waals surface area (Å²) in [7, 11) is 2.91. The Morgan fingerprint density at radius 3 is 1.30 bits per heavy atom. The summed E-state index contributed by atoms with van der Waals surface area (Å²) in [6.45, 7) is 0. The van der Waals surface area contributed by atoms with Crippen LogP contribution in [0.15, 0.2) is 144 Å². The fourth-order valence-electron chi connectivity index (χ4n) is 10.6. The molecule has 0 fully saturated rings. The summed E-state index contributed by atoms with van der Waals surface area (Å²) >= 11 is 3.55. The number of nitrogens with two attached hydrogens (primary N) is 1. The van der Waals surface area contributed by atoms with E-state index in [1.165, 1.54) is 52.8 Å². The highest BCUT2D eigenvalue weighted by atomic mass is 79.9. The van der Waals surface area contributed by atoms with Crippen molar-refractivity contribution in [2.75, 3.05) is 14.2 Å². The Labute approximate surface area is 406 Å². The van der Waals surface area contributed by atoms with E-state index in [0.29, 0.717) is 28.7 Å². The van der Waals surface area contributed by atoms with Crippen LogP contribution in [-0.2, 0) is 19.3 Å². The minimum absolute atomic E-state index is 0.109. The monoisotopic (exact) mass is 985 g/mol. The van der Waals surface area contributed by atoms with Crippen molar-refractivity contribution in [1.82, 2.24) is 9.80 Å². The van der Waals surface area contributed by atoms with Gasteiger partial charge in [0.15, 0.2) is 23.1 Å². The van der Waals surface area contributed by atoms with Crippen molar-refractivity contribution < 1.29 is 37.4 Å². The molecular formula is C57H46BrF2N3O6. The molecule has 4 amide bonds. The second kappa shape index (κ2) is 18.7. The number of carbonyl (C=O) groups is 4. The van der Waals surface area contributed by atoms with Crippen molar-refractivity contribution in [3.63, 3.8) is 0 Å². The lowest BCUT2D eigenvalue weighted by Gasteiger charge is -2.23. The number of nitrogens with zero attached hydrogens (tertiary/aromatic N) is 2. The molecule has 7 aromatic carbocycles. The summed E-state index contributed by atoms with van der Waals surface area (Å²) in [6.07, 6.45) is 4.98. The Bertz CT molecular complexity index is 3180. The van der Waals surface area contributed by atoms with Gasteiger partial charge in [0.2, 0.25) is 0 Å². The Hall–Kier alpha value is -7.28. The number of halogens is 3. The minimum atomic E-state index is -0.419. The van der Waals surface area contributed by atoms with Crippen molar-refractivity contribution in [2.45, 2.75) is 56.7 Å². The van der Waals surface area contributed by atoms with Gasteiger partial charge >= 0.3 is 0 Å². The highest BCUT2D eigenvalue weighted by Crippen LogP contribution is 2.45. The lowest BCUT2D eigenvalue weighted by atomic mass is 9.96. The van der Waals surface area contributed by atoms with Crippen molar-refractivity contribution in [3.8, 4) is 33.8 Å². The van der Waals surface area contributed by atoms with Crippen LogP contribution in [0.3, 0.4) is 0 Å². The molecule has 0 bridgehead atoms. The molecule has 2 heterocycles. The first kappa shape index (κ1) is 45.5. The first-order valence-electron chi connectivity index (χ1n) is 22.9. The van der Waals surface area contributed by atoms with Crippen molar-refractivity contribution >= 4 is 39.6 Å². The molecule has 0 radical (unpaired) electrons. The van der Waals surface area contributed by atoms with E-state index in [1.807, 2.05) is 60.7 Å². The van der Waals surface area contributed by atoms with Gasteiger partial charge in [0.1, 0.15) is 0 Å². The Morgan fingerprint density at radius 2 is 0.855 bits per heavy atom. The second-order valence-electron chi connectivity index (χ2n) is 17.6. The number of hydrogen-bond acceptors (Lipinski definition) is 7. The summed E-state index contributed by atoms with van der Waals surface area (Å²) in [5.41, 5.74) is 18.4. The van der Waals surface area contributed by atoms with Gasteiger partial charge < -0.3 is 15.2 Å². The molecule has 0 saturated heterocycles. The lowest BCUT2D eigenvalue weighted by molar-refractivity contribution is 0.0567. The molecule has 3 atom stereocenters. The largest absolute Gasteiger partial charge is 0.494 e. The highest BCUT2D eigenvalue weighted by Gasteiger charge is 2.44. The molecule has 346 valence electrons. The van der Waals surface area contributed by atoms with E-state index in [0.717, 1.165) is 75.5 Å². The molecule has 0 aromatic heterocycles. The van der Waals surface area contributed by atoms with E-state index in [-0.39, 0.29) is 59.1 Å². The van der Waals surface area contributed by atoms with E-state index in [2.05, 4.69) is 22.0 Å². The Kier molecular flexibility index (Phi) is 12.3. The smallest absolute Gasteiger partial charge is 0.262 e. The molecule has 0 saturated carbocycles. The average Bonchev–Trinajstić information content (AvgIpc) is 4.19. The van der Waals surface area contributed by atoms with E-state index >= 15 is 0 Å². The normalized spacial score (nSPS) is 18.1. The number of carbonyl (C=O) groups excluding carboxylic acids is 4. The van der Waals surface area contributed by atoms with Crippen LogP contribution in [-0.4, -0.2) is 47.6 Å². The zero-order valence-electron chi connectivity index (χ0n) is 37.8. The van der Waals surface area contributed by atoms with E-state index < -0.39 is 5.82 Å². The number of imide groups is 2. The van der Waals surface area contributed by atoms with Gasteiger partial charge in [-0.2, -0.15) is 0 Å². The van der Waals surface area contributed by atoms with Gasteiger partial charge in [0.05, 0.1) is 48.6 Å². The van der Waals surface area contributed by atoms with Crippen LogP contribution < -0.4 is 15.2 Å². The van der Waals surface area contributed by atoms with Crippen molar-refractivity contribution in [2.24, 2.45) is 5.73 Å². The van der Waals surface area contributed by atoms with Crippen LogP contribution in [0.25, 0.3) is 22.3 Å². The third-order valence-electron chi connectivity index (χ3n) is 13.9. The van der Waals surface area contributed by atoms with Gasteiger partial charge in [-0.15, -0.1) is 0 Å². The minimum Gasteiger partial charge on any atom is -0.494 e. The summed E-state index contributed by atoms with van der Waals surface area (Å²) in [6, 6.07) is 41.5. The van der Waals surface area contributed by atoms with Crippen LogP contribution in [0, 0.1) is 11.6 Å². The van der Waals surface area contributed by atoms with Crippen LogP contribution in [0.4, 0.5) is 8.78 Å². The molecule has 9 nitrogen and oxygen atoms in total. The Balaban J connectivity index is 0.000000124. The predicted octanol–water partition coefficient (Wildman–Crippen LogP) is 12.0. The summed E-state index contributed by atoms with van der Waals surface area (Å²) in [5, 5.41) is 0. The molecule has 2 N–H and O–H groups in total. The number of methoxy groups -OCH3 is 2. The van der Waals surface area contributed by atoms with Gasteiger partial charge in [-0.3, -0.25) is 29.0 Å². The molecular weight excluding hydrogens is 941 g/mol. The maximum Gasteiger partial charge on any atom is 0.262 e. The van der Waals surface area contributed by atoms with Gasteiger partial charge in [0, 0.05) is 10.5 Å². The van der Waals surface area contributed by atoms with Crippen molar-refractivity contribution in [1.29, 1.82) is 0 Å². The summed E-state index contributed by atoms with van der Waals surface area (Å²) in [5.74, 6) is -1.12. The molecule has 7 aromatic rings. The standard InChI is InChI=1S/C24H18FNO3.C17H12BrNO2.C16H16FNO/c1-29-22-12-9-14(13-20(22)25)15-7-4-8-17-16(15)10-11-21(17)26-23(27)18-5-2-3-6-19(18)24(26)28;18-14-7-3-6-11-10(14)8-9-15(11)19-16(20)12-4-1-2-5-13(12)17(19)21;1-19-16-8-5-10(9-14(16)17)11-3-2-4-13-12(11)6-7-15(13)18/h2-9,12-13,21H,10-11H2,1H3;1-7,15H,8-9H2;2-5,8-9,15H,6-7,18H2,1H3/t21-;2*15-/m111/s1. The van der Waals surface area contributed by atoms with Crippen LogP contribution in [0.1, 0.15) is 112 Å². The number of benzene rings is 7. The molecule has 0 unspecified atom stereocenters. The molecule has 0 spiro atoms. The van der Waals surface area contributed by atoms with Gasteiger partial charge in [-0.05, 0) is 149 Å². The average molecular weight is 987 g/mol. The molecule has 3 aliphatic carbocycles. The molecule has 12 heteroatoms. The first-order valence-corrected chi connectivity index (χ1v) is 23.7. The lowest BCUT2D eigenvalue weighted by Crippen LogP contribution is -2.33. The van der Waals surface area contributed by atoms with Crippen LogP contribution in [0.5, 0.6) is 11.5 Å². The van der Waals surface area contributed by atoms with Crippen LogP contribution in [0.2, 0.25) is 0 Å². The maximum absolute atomic E-state index is 14.2. The summed E-state index contributed by atoms with van der Waals surface area (Å²) in [4.78, 5) is 53.8. The van der Waals surface area contributed by atoms with E-state index in [1.54, 1.807) is 60.7 Å². The van der Waals surface area contributed by atoms with E-state index in [9.17, 15) is 28.0 Å². The second-order valence-corrected chi connectivity index (χ2v) is 18.4. The zero-order chi connectivity index (χ0) is 48.1. The van der Waals surface area contributed by atoms with Crippen LogP contribution >= 0.6 is 15.9 Å². The van der Waals surface area contributed by atoms with Gasteiger partial charge in [0.25, 0.3) is 23.6 Å². The number of hydrogen-bond donors (Lipinski definition) is 1. The molecule has 12 rings (SSSR count). The number of rotatable bonds is 6. The summed E-state index contributed by atoms with van der Waals surface area (Å²) < 4.78 is 39.1. The fourth-order valence-corrected chi connectivity index (χ4v) is 11.2. The highest BCUT2D eigenvalue weighted by molar-refractivity contribution is 9.10. The topological polar surface area (TPSA) is 119 Å². The quantitative estimate of drug-likeness (QED) is 0.165. The van der Waals surface area contributed by atoms with Gasteiger partial charge in [-0.25, -0.2) is 8.78 Å². The zero-order valence-corrected chi connectivity index (χ0v) is 39.4. The number of fused-ring (bicyclic) bond motifs is 5. The number of ether oxygens (including phenoxy) is 2.